The lowest BCUT2D eigenvalue weighted by molar-refractivity contribution is 0.540. The van der Waals surface area contributed by atoms with Crippen molar-refractivity contribution in [2.45, 2.75) is 24.8 Å². The predicted molar refractivity (Wildman–Crippen MR) is 100 cm³/mol. The molecule has 0 aliphatic heterocycles. The average molecular weight is 363 g/mol. The molecule has 2 aromatic heterocycles. The van der Waals surface area contributed by atoms with Gasteiger partial charge in [0.15, 0.2) is 0 Å². The van der Waals surface area contributed by atoms with E-state index in [4.69, 9.17) is 4.42 Å². The summed E-state index contributed by atoms with van der Waals surface area (Å²) in [5.74, 6) is 2.08. The summed E-state index contributed by atoms with van der Waals surface area (Å²) in [6.45, 7) is 3.98. The van der Waals surface area contributed by atoms with Gasteiger partial charge in [0.2, 0.25) is 11.0 Å². The Balaban J connectivity index is 1.53. The number of hydrogen-bond acceptors (Lipinski definition) is 6. The maximum atomic E-state index is 5.82. The van der Waals surface area contributed by atoms with Crippen LogP contribution in [0.3, 0.4) is 0 Å². The standard InChI is InChI=1S/C19H17N5OS/c1-13-8-10-16(11-9-13)24-19(21-22-23-24)26-12-17-14(2)25-18(20-17)15-6-4-3-5-7-15/h3-11H,12H2,1-2H3. The van der Waals surface area contributed by atoms with Gasteiger partial charge in [-0.05, 0) is 48.5 Å². The molecule has 0 saturated carbocycles. The Bertz CT molecular complexity index is 1010. The van der Waals surface area contributed by atoms with Crippen LogP contribution in [0.4, 0.5) is 0 Å². The van der Waals surface area contributed by atoms with Crippen molar-refractivity contribution in [3.8, 4) is 17.1 Å². The maximum absolute atomic E-state index is 5.82. The van der Waals surface area contributed by atoms with Crippen molar-refractivity contribution in [3.05, 3.63) is 71.6 Å². The molecule has 0 unspecified atom stereocenters. The number of thioether (sulfide) groups is 1. The van der Waals surface area contributed by atoms with Crippen molar-refractivity contribution in [1.82, 2.24) is 25.2 Å². The Morgan fingerprint density at radius 1 is 1.00 bits per heavy atom. The van der Waals surface area contributed by atoms with Crippen LogP contribution in [0.25, 0.3) is 17.1 Å². The van der Waals surface area contributed by atoms with E-state index in [1.54, 1.807) is 4.68 Å². The van der Waals surface area contributed by atoms with Crippen LogP contribution in [0.5, 0.6) is 0 Å². The summed E-state index contributed by atoms with van der Waals surface area (Å²) in [7, 11) is 0. The number of benzene rings is 2. The first-order valence-corrected chi connectivity index (χ1v) is 9.19. The van der Waals surface area contributed by atoms with Crippen LogP contribution in [0.2, 0.25) is 0 Å². The van der Waals surface area contributed by atoms with Crippen LogP contribution in [0.15, 0.2) is 64.2 Å². The molecule has 130 valence electrons. The van der Waals surface area contributed by atoms with Gasteiger partial charge in [0, 0.05) is 11.3 Å². The zero-order valence-corrected chi connectivity index (χ0v) is 15.3. The van der Waals surface area contributed by atoms with Gasteiger partial charge in [-0.1, -0.05) is 47.7 Å². The fraction of sp³-hybridized carbons (Fsp3) is 0.158. The number of rotatable bonds is 5. The molecule has 0 aliphatic carbocycles. The monoisotopic (exact) mass is 363 g/mol. The van der Waals surface area contributed by atoms with E-state index in [0.29, 0.717) is 11.6 Å². The first kappa shape index (κ1) is 16.5. The lowest BCUT2D eigenvalue weighted by Crippen LogP contribution is -1.99. The molecule has 4 rings (SSSR count). The van der Waals surface area contributed by atoms with E-state index in [-0.39, 0.29) is 0 Å². The van der Waals surface area contributed by atoms with Crippen LogP contribution in [0, 0.1) is 13.8 Å². The topological polar surface area (TPSA) is 69.6 Å². The highest BCUT2D eigenvalue weighted by atomic mass is 32.2. The molecule has 0 radical (unpaired) electrons. The average Bonchev–Trinajstić information content (AvgIpc) is 3.28. The Morgan fingerprint density at radius 3 is 2.54 bits per heavy atom. The molecule has 2 aromatic carbocycles. The third kappa shape index (κ3) is 3.39. The molecule has 0 saturated heterocycles. The minimum Gasteiger partial charge on any atom is -0.441 e. The highest BCUT2D eigenvalue weighted by molar-refractivity contribution is 7.98. The summed E-state index contributed by atoms with van der Waals surface area (Å²) in [5.41, 5.74) is 4.00. The van der Waals surface area contributed by atoms with Crippen molar-refractivity contribution >= 4 is 11.8 Å². The quantitative estimate of drug-likeness (QED) is 0.494. The van der Waals surface area contributed by atoms with Crippen LogP contribution in [-0.4, -0.2) is 25.2 Å². The predicted octanol–water partition coefficient (Wildman–Crippen LogP) is 4.23. The summed E-state index contributed by atoms with van der Waals surface area (Å²) < 4.78 is 7.55. The summed E-state index contributed by atoms with van der Waals surface area (Å²) in [4.78, 5) is 4.63. The van der Waals surface area contributed by atoms with E-state index in [0.717, 1.165) is 27.9 Å². The van der Waals surface area contributed by atoms with Crippen LogP contribution in [-0.2, 0) is 5.75 Å². The molecular weight excluding hydrogens is 346 g/mol. The van der Waals surface area contributed by atoms with Crippen molar-refractivity contribution in [2.75, 3.05) is 0 Å². The molecule has 0 spiro atoms. The summed E-state index contributed by atoms with van der Waals surface area (Å²) in [6, 6.07) is 18.0. The number of aryl methyl sites for hydroxylation is 2. The minimum absolute atomic E-state index is 0.633. The van der Waals surface area contributed by atoms with E-state index < -0.39 is 0 Å². The zero-order chi connectivity index (χ0) is 17.9. The van der Waals surface area contributed by atoms with Gasteiger partial charge in [0.1, 0.15) is 5.76 Å². The number of tetrazole rings is 1. The number of aromatic nitrogens is 5. The number of oxazole rings is 1. The minimum atomic E-state index is 0.633. The molecule has 0 fully saturated rings. The molecule has 0 bridgehead atoms. The van der Waals surface area contributed by atoms with Gasteiger partial charge in [-0.2, -0.15) is 4.68 Å². The zero-order valence-electron chi connectivity index (χ0n) is 14.5. The highest BCUT2D eigenvalue weighted by Crippen LogP contribution is 2.27. The molecule has 0 atom stereocenters. The SMILES string of the molecule is Cc1ccc(-n2nnnc2SCc2nc(-c3ccccc3)oc2C)cc1. The van der Waals surface area contributed by atoms with Gasteiger partial charge in [0.05, 0.1) is 11.4 Å². The van der Waals surface area contributed by atoms with Crippen LogP contribution < -0.4 is 0 Å². The highest BCUT2D eigenvalue weighted by Gasteiger charge is 2.14. The van der Waals surface area contributed by atoms with Crippen molar-refractivity contribution in [1.29, 1.82) is 0 Å². The van der Waals surface area contributed by atoms with Crippen molar-refractivity contribution in [2.24, 2.45) is 0 Å². The molecule has 0 aliphatic rings. The van der Waals surface area contributed by atoms with E-state index in [1.165, 1.54) is 17.3 Å². The lowest BCUT2D eigenvalue weighted by Gasteiger charge is -2.04. The molecule has 6 nitrogen and oxygen atoms in total. The molecule has 4 aromatic rings. The van der Waals surface area contributed by atoms with E-state index in [2.05, 4.69) is 27.4 Å². The summed E-state index contributed by atoms with van der Waals surface area (Å²) in [6.07, 6.45) is 0. The summed E-state index contributed by atoms with van der Waals surface area (Å²) >= 11 is 1.53. The molecule has 26 heavy (non-hydrogen) atoms. The largest absolute Gasteiger partial charge is 0.441 e. The van der Waals surface area contributed by atoms with Crippen LogP contribution >= 0.6 is 11.8 Å². The first-order valence-electron chi connectivity index (χ1n) is 8.20. The van der Waals surface area contributed by atoms with E-state index in [1.807, 2.05) is 61.5 Å². The van der Waals surface area contributed by atoms with Gasteiger partial charge in [-0.15, -0.1) is 5.10 Å². The molecule has 0 amide bonds. The van der Waals surface area contributed by atoms with Gasteiger partial charge < -0.3 is 4.42 Å². The first-order chi connectivity index (χ1) is 12.7. The van der Waals surface area contributed by atoms with E-state index >= 15 is 0 Å². The third-order valence-corrected chi connectivity index (χ3v) is 4.90. The second-order valence-corrected chi connectivity index (χ2v) is 6.83. The van der Waals surface area contributed by atoms with Crippen molar-refractivity contribution < 1.29 is 4.42 Å². The molecule has 7 heteroatoms. The second-order valence-electron chi connectivity index (χ2n) is 5.89. The Hall–Kier alpha value is -2.93. The third-order valence-electron chi connectivity index (χ3n) is 3.97. The molecule has 0 N–H and O–H groups in total. The number of hydrogen-bond donors (Lipinski definition) is 0. The normalized spacial score (nSPS) is 11.0. The van der Waals surface area contributed by atoms with Gasteiger partial charge in [-0.3, -0.25) is 0 Å². The lowest BCUT2D eigenvalue weighted by atomic mass is 10.2. The second kappa shape index (κ2) is 7.13. The van der Waals surface area contributed by atoms with E-state index in [9.17, 15) is 0 Å². The Morgan fingerprint density at radius 2 is 1.77 bits per heavy atom. The van der Waals surface area contributed by atoms with Gasteiger partial charge in [0.25, 0.3) is 0 Å². The maximum Gasteiger partial charge on any atom is 0.226 e. The molecule has 2 heterocycles. The number of nitrogens with zero attached hydrogens (tertiary/aromatic N) is 5. The Kier molecular flexibility index (Phi) is 4.53. The fourth-order valence-electron chi connectivity index (χ4n) is 2.52. The van der Waals surface area contributed by atoms with Gasteiger partial charge in [-0.25, -0.2) is 4.98 Å². The van der Waals surface area contributed by atoms with Crippen molar-refractivity contribution in [3.63, 3.8) is 0 Å². The molecular formula is C19H17N5OS. The summed E-state index contributed by atoms with van der Waals surface area (Å²) in [5, 5.41) is 12.8. The smallest absolute Gasteiger partial charge is 0.226 e. The fourth-order valence-corrected chi connectivity index (χ4v) is 3.41. The van der Waals surface area contributed by atoms with Crippen LogP contribution in [0.1, 0.15) is 17.0 Å². The van der Waals surface area contributed by atoms with Gasteiger partial charge >= 0.3 is 0 Å². The Labute approximate surface area is 155 Å².